The topological polar surface area (TPSA) is 81.9 Å². The van der Waals surface area contributed by atoms with Gasteiger partial charge in [-0.25, -0.2) is 9.48 Å². The minimum atomic E-state index is -4.75. The third kappa shape index (κ3) is 4.18. The van der Waals surface area contributed by atoms with E-state index in [0.717, 1.165) is 12.4 Å². The summed E-state index contributed by atoms with van der Waals surface area (Å²) in [5.74, 6) is 0. The van der Waals surface area contributed by atoms with Crippen molar-refractivity contribution in [3.8, 4) is 5.69 Å². The average Bonchev–Trinajstić information content (AvgIpc) is 2.81. The Kier molecular flexibility index (Phi) is 4.26. The summed E-state index contributed by atoms with van der Waals surface area (Å²) in [5, 5.41) is 12.7. The number of rotatable bonds is 2. The minimum Gasteiger partial charge on any atom is -0.444 e. The van der Waals surface area contributed by atoms with E-state index >= 15 is 0 Å². The number of anilines is 1. The van der Waals surface area contributed by atoms with Crippen LogP contribution >= 0.6 is 0 Å². The maximum atomic E-state index is 13.3. The number of aromatic nitrogens is 4. The Bertz CT molecular complexity index is 692. The number of ether oxygens (including phenoxy) is 1. The molecule has 2 heterocycles. The molecule has 0 aliphatic carbocycles. The first-order valence-electron chi connectivity index (χ1n) is 6.50. The van der Waals surface area contributed by atoms with Crippen molar-refractivity contribution in [2.45, 2.75) is 32.5 Å². The van der Waals surface area contributed by atoms with Gasteiger partial charge in [0.15, 0.2) is 5.69 Å². The number of nitrogens with zero attached hydrogens (tertiary/aromatic N) is 4. The molecule has 0 radical (unpaired) electrons. The number of carbonyl (C=O) groups is 1. The van der Waals surface area contributed by atoms with Gasteiger partial charge in [0.2, 0.25) is 0 Å². The quantitative estimate of drug-likeness (QED) is 0.916. The number of nitrogens with one attached hydrogen (secondary N) is 1. The van der Waals surface area contributed by atoms with Gasteiger partial charge in [-0.15, -0.1) is 0 Å². The minimum absolute atomic E-state index is 0.0598. The number of amides is 1. The average molecular weight is 329 g/mol. The summed E-state index contributed by atoms with van der Waals surface area (Å²) >= 11 is 0. The Morgan fingerprint density at radius 1 is 1.22 bits per heavy atom. The van der Waals surface area contributed by atoms with Gasteiger partial charge in [0.05, 0.1) is 30.0 Å². The molecule has 0 unspecified atom stereocenters. The fourth-order valence-electron chi connectivity index (χ4n) is 1.73. The highest BCUT2D eigenvalue weighted by molar-refractivity contribution is 5.85. The van der Waals surface area contributed by atoms with E-state index in [0.29, 0.717) is 4.68 Å². The number of alkyl halides is 3. The second kappa shape index (κ2) is 5.86. The van der Waals surface area contributed by atoms with Gasteiger partial charge in [-0.3, -0.25) is 5.32 Å². The van der Waals surface area contributed by atoms with E-state index in [1.165, 1.54) is 12.3 Å². The zero-order valence-electron chi connectivity index (χ0n) is 12.5. The van der Waals surface area contributed by atoms with Gasteiger partial charge in [0, 0.05) is 0 Å². The standard InChI is InChI=1S/C13H14F3N5O2/c1-12(2,3)23-11(22)20-9-7-19-21(10(9)13(14,15)16)8-4-5-17-18-6-8/h4-7H,1-3H3,(H,20,22). The number of halogens is 3. The van der Waals surface area contributed by atoms with Crippen molar-refractivity contribution in [3.63, 3.8) is 0 Å². The lowest BCUT2D eigenvalue weighted by Gasteiger charge is -2.20. The van der Waals surface area contributed by atoms with E-state index in [9.17, 15) is 18.0 Å². The van der Waals surface area contributed by atoms with Crippen molar-refractivity contribution in [1.82, 2.24) is 20.0 Å². The maximum Gasteiger partial charge on any atom is 0.435 e. The number of hydrogen-bond acceptors (Lipinski definition) is 5. The fourth-order valence-corrected chi connectivity index (χ4v) is 1.73. The molecule has 1 N–H and O–H groups in total. The van der Waals surface area contributed by atoms with E-state index in [1.54, 1.807) is 20.8 Å². The molecule has 0 aliphatic rings. The summed E-state index contributed by atoms with van der Waals surface area (Å²) in [7, 11) is 0. The molecular weight excluding hydrogens is 315 g/mol. The molecule has 23 heavy (non-hydrogen) atoms. The zero-order chi connectivity index (χ0) is 17.3. The van der Waals surface area contributed by atoms with Gasteiger partial charge in [0.25, 0.3) is 0 Å². The predicted octanol–water partition coefficient (Wildman–Crippen LogP) is 3.03. The fraction of sp³-hybridized carbons (Fsp3) is 0.385. The molecular formula is C13H14F3N5O2. The largest absolute Gasteiger partial charge is 0.444 e. The SMILES string of the molecule is CC(C)(C)OC(=O)Nc1cnn(-c2ccnnc2)c1C(F)(F)F. The van der Waals surface area contributed by atoms with Gasteiger partial charge in [-0.2, -0.15) is 28.5 Å². The molecule has 0 bridgehead atoms. The van der Waals surface area contributed by atoms with Crippen molar-refractivity contribution in [1.29, 1.82) is 0 Å². The smallest absolute Gasteiger partial charge is 0.435 e. The van der Waals surface area contributed by atoms with E-state index < -0.39 is 29.3 Å². The Morgan fingerprint density at radius 2 is 1.91 bits per heavy atom. The third-order valence-corrected chi connectivity index (χ3v) is 2.49. The summed E-state index contributed by atoms with van der Waals surface area (Å²) in [4.78, 5) is 11.7. The highest BCUT2D eigenvalue weighted by Crippen LogP contribution is 2.36. The molecule has 124 valence electrons. The Morgan fingerprint density at radius 3 is 2.43 bits per heavy atom. The van der Waals surface area contributed by atoms with Crippen LogP contribution in [0.25, 0.3) is 5.69 Å². The third-order valence-electron chi connectivity index (χ3n) is 2.49. The van der Waals surface area contributed by atoms with Crippen LogP contribution in [0.15, 0.2) is 24.7 Å². The van der Waals surface area contributed by atoms with Crippen molar-refractivity contribution in [3.05, 3.63) is 30.4 Å². The number of carbonyl (C=O) groups excluding carboxylic acids is 1. The van der Waals surface area contributed by atoms with Crippen LogP contribution in [-0.4, -0.2) is 31.7 Å². The molecule has 10 heteroatoms. The summed E-state index contributed by atoms with van der Waals surface area (Å²) in [5.41, 5.74) is -2.43. The molecule has 2 aromatic rings. The first kappa shape index (κ1) is 16.7. The Hall–Kier alpha value is -2.65. The van der Waals surface area contributed by atoms with E-state index in [1.807, 2.05) is 0 Å². The molecule has 2 rings (SSSR count). The van der Waals surface area contributed by atoms with E-state index in [-0.39, 0.29) is 5.69 Å². The summed E-state index contributed by atoms with van der Waals surface area (Å²) in [6.07, 6.45) is -2.50. The van der Waals surface area contributed by atoms with Gasteiger partial charge in [-0.05, 0) is 26.8 Å². The first-order chi connectivity index (χ1) is 10.6. The van der Waals surface area contributed by atoms with Crippen LogP contribution in [0.3, 0.4) is 0 Å². The van der Waals surface area contributed by atoms with Crippen molar-refractivity contribution >= 4 is 11.8 Å². The van der Waals surface area contributed by atoms with Gasteiger partial charge in [0.1, 0.15) is 5.60 Å². The van der Waals surface area contributed by atoms with Crippen LogP contribution in [0, 0.1) is 0 Å². The summed E-state index contributed by atoms with van der Waals surface area (Å²) in [6.45, 7) is 4.80. The van der Waals surface area contributed by atoms with Crippen LogP contribution < -0.4 is 5.32 Å². The first-order valence-corrected chi connectivity index (χ1v) is 6.50. The zero-order valence-corrected chi connectivity index (χ0v) is 12.5. The second-order valence-corrected chi connectivity index (χ2v) is 5.54. The molecule has 7 nitrogen and oxygen atoms in total. The molecule has 1 amide bonds. The lowest BCUT2D eigenvalue weighted by molar-refractivity contribution is -0.142. The van der Waals surface area contributed by atoms with E-state index in [4.69, 9.17) is 4.74 Å². The van der Waals surface area contributed by atoms with Crippen molar-refractivity contribution in [2.24, 2.45) is 0 Å². The Labute approximate surface area is 129 Å². The summed E-state index contributed by atoms with van der Waals surface area (Å²) < 4.78 is 45.6. The molecule has 0 aliphatic heterocycles. The van der Waals surface area contributed by atoms with Crippen LogP contribution in [0.2, 0.25) is 0 Å². The van der Waals surface area contributed by atoms with Gasteiger partial charge >= 0.3 is 12.3 Å². The highest BCUT2D eigenvalue weighted by Gasteiger charge is 2.39. The lowest BCUT2D eigenvalue weighted by atomic mass is 10.2. The van der Waals surface area contributed by atoms with Crippen molar-refractivity contribution < 1.29 is 22.7 Å². The molecule has 0 spiro atoms. The van der Waals surface area contributed by atoms with E-state index in [2.05, 4.69) is 20.6 Å². The van der Waals surface area contributed by atoms with Gasteiger partial charge < -0.3 is 4.74 Å². The van der Waals surface area contributed by atoms with Gasteiger partial charge in [-0.1, -0.05) is 0 Å². The maximum absolute atomic E-state index is 13.3. The van der Waals surface area contributed by atoms with Crippen LogP contribution in [-0.2, 0) is 10.9 Å². The molecule has 0 atom stereocenters. The van der Waals surface area contributed by atoms with Crippen LogP contribution in [0.5, 0.6) is 0 Å². The second-order valence-electron chi connectivity index (χ2n) is 5.54. The lowest BCUT2D eigenvalue weighted by Crippen LogP contribution is -2.28. The summed E-state index contributed by atoms with van der Waals surface area (Å²) in [6, 6.07) is 1.31. The molecule has 0 saturated heterocycles. The molecule has 0 aromatic carbocycles. The monoisotopic (exact) mass is 329 g/mol. The molecule has 0 saturated carbocycles. The number of hydrogen-bond donors (Lipinski definition) is 1. The Balaban J connectivity index is 2.38. The molecule has 0 fully saturated rings. The highest BCUT2D eigenvalue weighted by atomic mass is 19.4. The normalized spacial score (nSPS) is 12.1. The van der Waals surface area contributed by atoms with Crippen molar-refractivity contribution in [2.75, 3.05) is 5.32 Å². The van der Waals surface area contributed by atoms with Crippen LogP contribution in [0.1, 0.15) is 26.5 Å². The molecule has 2 aromatic heterocycles. The van der Waals surface area contributed by atoms with Crippen LogP contribution in [0.4, 0.5) is 23.7 Å². The predicted molar refractivity (Wildman–Crippen MR) is 74.0 cm³/mol.